The zero-order valence-corrected chi connectivity index (χ0v) is 21.7. The number of carbonyl (C=O) groups excluding carboxylic acids is 3. The van der Waals surface area contributed by atoms with Gasteiger partial charge in [0.15, 0.2) is 18.1 Å². The number of rotatable bonds is 9. The lowest BCUT2D eigenvalue weighted by Crippen LogP contribution is -2.27. The fraction of sp³-hybridized carbons (Fsp3) is 0.172. The third kappa shape index (κ3) is 6.41. The number of hydrogen-bond donors (Lipinski definition) is 1. The molecule has 1 fully saturated rings. The smallest absolute Gasteiger partial charge is 0.293 e. The molecule has 3 aromatic carbocycles. The molecule has 192 valence electrons. The molecule has 1 aliphatic heterocycles. The Morgan fingerprint density at radius 2 is 1.82 bits per heavy atom. The van der Waals surface area contributed by atoms with Gasteiger partial charge < -0.3 is 14.8 Å². The molecule has 3 amide bonds. The van der Waals surface area contributed by atoms with Crippen LogP contribution in [-0.4, -0.2) is 35.2 Å². The number of aryl methyl sites for hydroxylation is 1. The van der Waals surface area contributed by atoms with Crippen LogP contribution in [0.3, 0.4) is 0 Å². The monoisotopic (exact) mass is 527 g/mol. The van der Waals surface area contributed by atoms with Gasteiger partial charge in [-0.05, 0) is 73.1 Å². The summed E-state index contributed by atoms with van der Waals surface area (Å²) in [5.41, 5.74) is 3.42. The predicted octanol–water partition coefficient (Wildman–Crippen LogP) is 5.52. The number of thioether (sulfide) groups is 1. The number of nitrogens with zero attached hydrogens (tertiary/aromatic N) is 2. The van der Waals surface area contributed by atoms with E-state index in [1.807, 2.05) is 38.1 Å². The van der Waals surface area contributed by atoms with Crippen molar-refractivity contribution in [1.29, 1.82) is 5.26 Å². The first kappa shape index (κ1) is 26.5. The van der Waals surface area contributed by atoms with E-state index in [-0.39, 0.29) is 24.0 Å². The number of hydrogen-bond acceptors (Lipinski definition) is 7. The van der Waals surface area contributed by atoms with Crippen molar-refractivity contribution in [2.24, 2.45) is 0 Å². The lowest BCUT2D eigenvalue weighted by Gasteiger charge is -2.13. The highest BCUT2D eigenvalue weighted by molar-refractivity contribution is 8.18. The van der Waals surface area contributed by atoms with Crippen LogP contribution < -0.4 is 14.8 Å². The molecule has 1 saturated heterocycles. The van der Waals surface area contributed by atoms with Crippen LogP contribution >= 0.6 is 11.8 Å². The van der Waals surface area contributed by atoms with Crippen LogP contribution in [0.4, 0.5) is 10.5 Å². The fourth-order valence-corrected chi connectivity index (χ4v) is 4.54. The van der Waals surface area contributed by atoms with Crippen LogP contribution in [-0.2, 0) is 16.1 Å². The van der Waals surface area contributed by atoms with Gasteiger partial charge in [0.05, 0.1) is 29.7 Å². The lowest BCUT2D eigenvalue weighted by molar-refractivity contribution is -0.123. The van der Waals surface area contributed by atoms with E-state index in [4.69, 9.17) is 9.47 Å². The van der Waals surface area contributed by atoms with Gasteiger partial charge in [0.25, 0.3) is 17.1 Å². The third-order valence-corrected chi connectivity index (χ3v) is 6.51. The maximum absolute atomic E-state index is 13.0. The number of anilines is 1. The number of ether oxygens (including phenoxy) is 2. The molecule has 38 heavy (non-hydrogen) atoms. The lowest BCUT2D eigenvalue weighted by atomic mass is 10.1. The first-order valence-corrected chi connectivity index (χ1v) is 12.7. The van der Waals surface area contributed by atoms with E-state index in [1.54, 1.807) is 48.5 Å². The van der Waals surface area contributed by atoms with E-state index in [0.717, 1.165) is 22.2 Å². The first-order chi connectivity index (χ1) is 18.4. The zero-order valence-electron chi connectivity index (χ0n) is 20.9. The summed E-state index contributed by atoms with van der Waals surface area (Å²) in [4.78, 5) is 39.3. The van der Waals surface area contributed by atoms with Crippen molar-refractivity contribution in [3.05, 3.63) is 93.9 Å². The largest absolute Gasteiger partial charge is 0.490 e. The van der Waals surface area contributed by atoms with E-state index < -0.39 is 11.1 Å². The second-order valence-corrected chi connectivity index (χ2v) is 9.37. The molecule has 0 atom stereocenters. The van der Waals surface area contributed by atoms with Crippen molar-refractivity contribution in [2.45, 2.75) is 20.4 Å². The van der Waals surface area contributed by atoms with Gasteiger partial charge in [0.1, 0.15) is 0 Å². The van der Waals surface area contributed by atoms with Crippen LogP contribution in [0.5, 0.6) is 11.5 Å². The molecule has 1 heterocycles. The average Bonchev–Trinajstić information content (AvgIpc) is 3.17. The summed E-state index contributed by atoms with van der Waals surface area (Å²) in [5.74, 6) is 0.0432. The quantitative estimate of drug-likeness (QED) is 0.365. The van der Waals surface area contributed by atoms with Crippen molar-refractivity contribution in [2.75, 3.05) is 18.5 Å². The van der Waals surface area contributed by atoms with Crippen molar-refractivity contribution in [3.63, 3.8) is 0 Å². The van der Waals surface area contributed by atoms with Crippen LogP contribution in [0.2, 0.25) is 0 Å². The van der Waals surface area contributed by atoms with Gasteiger partial charge in [-0.25, -0.2) is 0 Å². The normalized spacial score (nSPS) is 13.9. The molecule has 1 aliphatic rings. The van der Waals surface area contributed by atoms with Gasteiger partial charge in [-0.15, -0.1) is 0 Å². The Labute approximate surface area is 224 Å². The molecule has 0 aliphatic carbocycles. The average molecular weight is 528 g/mol. The Hall–Kier alpha value is -4.55. The highest BCUT2D eigenvalue weighted by atomic mass is 32.2. The minimum atomic E-state index is -0.432. The zero-order chi connectivity index (χ0) is 27.1. The summed E-state index contributed by atoms with van der Waals surface area (Å²) in [6.07, 6.45) is 1.61. The first-order valence-electron chi connectivity index (χ1n) is 11.9. The molecular formula is C29H25N3O5S. The van der Waals surface area contributed by atoms with E-state index in [2.05, 4.69) is 11.4 Å². The molecule has 9 heteroatoms. The van der Waals surface area contributed by atoms with Gasteiger partial charge in [0.2, 0.25) is 0 Å². The number of carbonyl (C=O) groups is 3. The summed E-state index contributed by atoms with van der Waals surface area (Å²) in [7, 11) is 0. The second kappa shape index (κ2) is 12.1. The SMILES string of the molecule is CCOc1cc(/C=C2\SC(=O)N(Cc3ccccc3C#N)C2=O)ccc1OCC(=O)Nc1ccc(C)cc1. The molecule has 3 aromatic rings. The molecule has 0 aromatic heterocycles. The molecule has 0 spiro atoms. The Morgan fingerprint density at radius 3 is 2.55 bits per heavy atom. The maximum Gasteiger partial charge on any atom is 0.293 e. The van der Waals surface area contributed by atoms with Gasteiger partial charge in [-0.3, -0.25) is 19.3 Å². The summed E-state index contributed by atoms with van der Waals surface area (Å²) in [5, 5.41) is 11.7. The van der Waals surface area contributed by atoms with E-state index in [9.17, 15) is 19.6 Å². The Bertz CT molecular complexity index is 1440. The molecule has 0 radical (unpaired) electrons. The number of nitrogens with one attached hydrogen (secondary N) is 1. The fourth-order valence-electron chi connectivity index (χ4n) is 3.70. The Morgan fingerprint density at radius 1 is 1.05 bits per heavy atom. The van der Waals surface area contributed by atoms with Crippen molar-refractivity contribution in [1.82, 2.24) is 4.90 Å². The Balaban J connectivity index is 1.45. The number of nitriles is 1. The molecule has 0 unspecified atom stereocenters. The topological polar surface area (TPSA) is 109 Å². The summed E-state index contributed by atoms with van der Waals surface area (Å²) in [6.45, 7) is 3.97. The minimum Gasteiger partial charge on any atom is -0.490 e. The standard InChI is InChI=1S/C29H25N3O5S/c1-3-36-25-14-20(10-13-24(25)37-18-27(33)31-23-11-8-19(2)9-12-23)15-26-28(34)32(29(35)38-26)17-22-7-5-4-6-21(22)16-30/h4-15H,3,17-18H2,1-2H3,(H,31,33)/b26-15-. The summed E-state index contributed by atoms with van der Waals surface area (Å²) in [6, 6.07) is 21.5. The predicted molar refractivity (Wildman–Crippen MR) is 146 cm³/mol. The highest BCUT2D eigenvalue weighted by Crippen LogP contribution is 2.35. The third-order valence-electron chi connectivity index (χ3n) is 5.60. The second-order valence-electron chi connectivity index (χ2n) is 8.38. The number of imide groups is 1. The molecular weight excluding hydrogens is 502 g/mol. The van der Waals surface area contributed by atoms with Crippen LogP contribution in [0.1, 0.15) is 29.2 Å². The molecule has 1 N–H and O–H groups in total. The van der Waals surface area contributed by atoms with E-state index >= 15 is 0 Å². The van der Waals surface area contributed by atoms with E-state index in [1.165, 1.54) is 0 Å². The van der Waals surface area contributed by atoms with Gasteiger partial charge in [-0.2, -0.15) is 5.26 Å². The van der Waals surface area contributed by atoms with Crippen LogP contribution in [0.25, 0.3) is 6.08 Å². The highest BCUT2D eigenvalue weighted by Gasteiger charge is 2.35. The van der Waals surface area contributed by atoms with Crippen molar-refractivity contribution in [3.8, 4) is 17.6 Å². The van der Waals surface area contributed by atoms with Crippen LogP contribution in [0, 0.1) is 18.3 Å². The molecule has 0 bridgehead atoms. The number of benzene rings is 3. The van der Waals surface area contributed by atoms with Gasteiger partial charge in [-0.1, -0.05) is 42.0 Å². The van der Waals surface area contributed by atoms with Crippen LogP contribution in [0.15, 0.2) is 71.6 Å². The Kier molecular flexibility index (Phi) is 8.46. The molecule has 0 saturated carbocycles. The summed E-state index contributed by atoms with van der Waals surface area (Å²) >= 11 is 0.839. The summed E-state index contributed by atoms with van der Waals surface area (Å²) < 4.78 is 11.4. The van der Waals surface area contributed by atoms with Gasteiger partial charge >= 0.3 is 0 Å². The number of amides is 3. The van der Waals surface area contributed by atoms with E-state index in [0.29, 0.717) is 40.5 Å². The van der Waals surface area contributed by atoms with Crippen molar-refractivity contribution >= 4 is 40.6 Å². The molecule has 8 nitrogen and oxygen atoms in total. The minimum absolute atomic E-state index is 0.0212. The van der Waals surface area contributed by atoms with Crippen molar-refractivity contribution < 1.29 is 23.9 Å². The van der Waals surface area contributed by atoms with Gasteiger partial charge in [0, 0.05) is 5.69 Å². The molecule has 4 rings (SSSR count). The maximum atomic E-state index is 13.0.